The summed E-state index contributed by atoms with van der Waals surface area (Å²) in [4.78, 5) is 24.6. The average molecular weight is 305 g/mol. The molecule has 1 aromatic carbocycles. The van der Waals surface area contributed by atoms with Crippen molar-refractivity contribution in [1.82, 2.24) is 4.90 Å². The van der Waals surface area contributed by atoms with Crippen molar-refractivity contribution in [2.45, 2.75) is 19.8 Å². The van der Waals surface area contributed by atoms with E-state index < -0.39 is 0 Å². The molecule has 0 saturated heterocycles. The van der Waals surface area contributed by atoms with Crippen LogP contribution >= 0.6 is 0 Å². The Kier molecular flexibility index (Phi) is 7.75. The third kappa shape index (κ3) is 5.99. The van der Waals surface area contributed by atoms with Crippen LogP contribution in [0.25, 0.3) is 6.08 Å². The third-order valence-corrected chi connectivity index (χ3v) is 3.10. The van der Waals surface area contributed by atoms with E-state index in [0.717, 1.165) is 11.3 Å². The number of carbonyl (C=O) groups is 2. The van der Waals surface area contributed by atoms with Crippen LogP contribution in [0, 0.1) is 0 Å². The topological polar surface area (TPSA) is 55.8 Å². The number of hydrogen-bond donors (Lipinski definition) is 0. The van der Waals surface area contributed by atoms with Gasteiger partial charge in [0.1, 0.15) is 5.75 Å². The highest BCUT2D eigenvalue weighted by molar-refractivity contribution is 5.92. The SMILES string of the molecule is CCOc1ccccc1C=CC(=O)N(C)CCCC(=O)OC. The highest BCUT2D eigenvalue weighted by Crippen LogP contribution is 2.19. The van der Waals surface area contributed by atoms with Crippen molar-refractivity contribution < 1.29 is 19.1 Å². The van der Waals surface area contributed by atoms with E-state index in [9.17, 15) is 9.59 Å². The van der Waals surface area contributed by atoms with Gasteiger partial charge >= 0.3 is 5.97 Å². The smallest absolute Gasteiger partial charge is 0.305 e. The Morgan fingerprint density at radius 3 is 2.68 bits per heavy atom. The first kappa shape index (κ1) is 17.8. The third-order valence-electron chi connectivity index (χ3n) is 3.10. The van der Waals surface area contributed by atoms with E-state index in [1.54, 1.807) is 18.0 Å². The number of amides is 1. The van der Waals surface area contributed by atoms with Gasteiger partial charge in [-0.05, 0) is 25.5 Å². The molecule has 0 spiro atoms. The molecule has 1 aromatic rings. The second-order valence-electron chi connectivity index (χ2n) is 4.74. The molecule has 5 heteroatoms. The standard InChI is InChI=1S/C17H23NO4/c1-4-22-15-9-6-5-8-14(15)11-12-16(19)18(2)13-7-10-17(20)21-3/h5-6,8-9,11-12H,4,7,10,13H2,1-3H3. The summed E-state index contributed by atoms with van der Waals surface area (Å²) in [5.74, 6) is 0.376. The van der Waals surface area contributed by atoms with E-state index in [0.29, 0.717) is 26.0 Å². The van der Waals surface area contributed by atoms with Crippen molar-refractivity contribution in [2.24, 2.45) is 0 Å². The summed E-state index contributed by atoms with van der Waals surface area (Å²) in [6.07, 6.45) is 4.14. The Morgan fingerprint density at radius 2 is 2.00 bits per heavy atom. The molecule has 0 radical (unpaired) electrons. The zero-order valence-corrected chi connectivity index (χ0v) is 13.4. The summed E-state index contributed by atoms with van der Waals surface area (Å²) in [7, 11) is 3.06. The Balaban J connectivity index is 2.54. The summed E-state index contributed by atoms with van der Waals surface area (Å²) in [6, 6.07) is 7.55. The number of hydrogen-bond acceptors (Lipinski definition) is 4. The number of methoxy groups -OCH3 is 1. The predicted molar refractivity (Wildman–Crippen MR) is 85.5 cm³/mol. The van der Waals surface area contributed by atoms with Gasteiger partial charge in [-0.25, -0.2) is 0 Å². The van der Waals surface area contributed by atoms with Gasteiger partial charge in [-0.2, -0.15) is 0 Å². The zero-order valence-electron chi connectivity index (χ0n) is 13.4. The molecular formula is C17H23NO4. The second kappa shape index (κ2) is 9.60. The van der Waals surface area contributed by atoms with E-state index in [2.05, 4.69) is 4.74 Å². The molecule has 0 aromatic heterocycles. The lowest BCUT2D eigenvalue weighted by atomic mass is 10.2. The van der Waals surface area contributed by atoms with Crippen LogP contribution in [0.3, 0.4) is 0 Å². The summed E-state index contributed by atoms with van der Waals surface area (Å²) in [5, 5.41) is 0. The molecule has 0 aliphatic heterocycles. The quantitative estimate of drug-likeness (QED) is 0.547. The maximum atomic E-state index is 12.0. The number of para-hydroxylation sites is 1. The predicted octanol–water partition coefficient (Wildman–Crippen LogP) is 2.51. The molecule has 0 unspecified atom stereocenters. The van der Waals surface area contributed by atoms with Gasteiger partial charge in [0.15, 0.2) is 0 Å². The number of likely N-dealkylation sites (N-methyl/N-ethyl adjacent to an activating group) is 1. The fourth-order valence-corrected chi connectivity index (χ4v) is 1.87. The van der Waals surface area contributed by atoms with Gasteiger partial charge in [0.05, 0.1) is 13.7 Å². The van der Waals surface area contributed by atoms with Gasteiger partial charge in [0, 0.05) is 31.7 Å². The molecule has 0 heterocycles. The molecular weight excluding hydrogens is 282 g/mol. The first-order chi connectivity index (χ1) is 10.6. The molecule has 1 rings (SSSR count). The molecule has 5 nitrogen and oxygen atoms in total. The van der Waals surface area contributed by atoms with E-state index in [1.165, 1.54) is 13.2 Å². The number of ether oxygens (including phenoxy) is 2. The van der Waals surface area contributed by atoms with Crippen LogP contribution in [0.4, 0.5) is 0 Å². The molecule has 0 atom stereocenters. The molecule has 0 bridgehead atoms. The van der Waals surface area contributed by atoms with E-state index in [1.807, 2.05) is 31.2 Å². The molecule has 0 N–H and O–H groups in total. The lowest BCUT2D eigenvalue weighted by Crippen LogP contribution is -2.26. The van der Waals surface area contributed by atoms with Gasteiger partial charge in [-0.1, -0.05) is 18.2 Å². The van der Waals surface area contributed by atoms with Crippen LogP contribution < -0.4 is 4.74 Å². The summed E-state index contributed by atoms with van der Waals surface area (Å²) < 4.78 is 10.1. The van der Waals surface area contributed by atoms with Gasteiger partial charge in [0.2, 0.25) is 5.91 Å². The molecule has 0 aliphatic carbocycles. The van der Waals surface area contributed by atoms with Crippen LogP contribution in [-0.4, -0.2) is 44.1 Å². The van der Waals surface area contributed by atoms with Crippen LogP contribution in [-0.2, 0) is 14.3 Å². The molecule has 120 valence electrons. The zero-order chi connectivity index (χ0) is 16.4. The number of nitrogens with zero attached hydrogens (tertiary/aromatic N) is 1. The van der Waals surface area contributed by atoms with E-state index >= 15 is 0 Å². The van der Waals surface area contributed by atoms with Crippen molar-refractivity contribution in [3.8, 4) is 5.75 Å². The summed E-state index contributed by atoms with van der Waals surface area (Å²) in [5.41, 5.74) is 0.862. The molecule has 1 amide bonds. The minimum absolute atomic E-state index is 0.115. The summed E-state index contributed by atoms with van der Waals surface area (Å²) >= 11 is 0. The van der Waals surface area contributed by atoms with Crippen LogP contribution in [0.15, 0.2) is 30.3 Å². The lowest BCUT2D eigenvalue weighted by Gasteiger charge is -2.14. The first-order valence-electron chi connectivity index (χ1n) is 7.30. The largest absolute Gasteiger partial charge is 0.493 e. The number of benzene rings is 1. The maximum absolute atomic E-state index is 12.0. The van der Waals surface area contributed by atoms with Crippen molar-refractivity contribution in [3.63, 3.8) is 0 Å². The maximum Gasteiger partial charge on any atom is 0.305 e. The van der Waals surface area contributed by atoms with Crippen LogP contribution in [0.1, 0.15) is 25.3 Å². The van der Waals surface area contributed by atoms with E-state index in [4.69, 9.17) is 4.74 Å². The Hall–Kier alpha value is -2.30. The molecule has 0 saturated carbocycles. The number of carbonyl (C=O) groups excluding carboxylic acids is 2. The molecule has 0 fully saturated rings. The van der Waals surface area contributed by atoms with Crippen molar-refractivity contribution in [3.05, 3.63) is 35.9 Å². The van der Waals surface area contributed by atoms with Crippen LogP contribution in [0.2, 0.25) is 0 Å². The minimum Gasteiger partial charge on any atom is -0.493 e. The van der Waals surface area contributed by atoms with Crippen LogP contribution in [0.5, 0.6) is 5.75 Å². The van der Waals surface area contributed by atoms with Gasteiger partial charge in [0.25, 0.3) is 0 Å². The highest BCUT2D eigenvalue weighted by Gasteiger charge is 2.07. The number of esters is 1. The molecule has 0 aliphatic rings. The number of rotatable bonds is 8. The lowest BCUT2D eigenvalue weighted by molar-refractivity contribution is -0.141. The minimum atomic E-state index is -0.262. The Morgan fingerprint density at radius 1 is 1.27 bits per heavy atom. The normalized spacial score (nSPS) is 10.5. The second-order valence-corrected chi connectivity index (χ2v) is 4.74. The highest BCUT2D eigenvalue weighted by atomic mass is 16.5. The Labute approximate surface area is 131 Å². The summed E-state index contributed by atoms with van der Waals surface area (Å²) in [6.45, 7) is 3.00. The van der Waals surface area contributed by atoms with Gasteiger partial charge in [-0.3, -0.25) is 9.59 Å². The average Bonchev–Trinajstić information content (AvgIpc) is 2.53. The first-order valence-corrected chi connectivity index (χ1v) is 7.30. The Bertz CT molecular complexity index is 525. The fourth-order valence-electron chi connectivity index (χ4n) is 1.87. The van der Waals surface area contributed by atoms with Crippen molar-refractivity contribution >= 4 is 18.0 Å². The fraction of sp³-hybridized carbons (Fsp3) is 0.412. The van der Waals surface area contributed by atoms with Crippen molar-refractivity contribution in [2.75, 3.05) is 27.3 Å². The van der Waals surface area contributed by atoms with Gasteiger partial charge < -0.3 is 14.4 Å². The van der Waals surface area contributed by atoms with Gasteiger partial charge in [-0.15, -0.1) is 0 Å². The molecule has 22 heavy (non-hydrogen) atoms. The van der Waals surface area contributed by atoms with Crippen molar-refractivity contribution in [1.29, 1.82) is 0 Å². The monoisotopic (exact) mass is 305 g/mol. The van der Waals surface area contributed by atoms with E-state index in [-0.39, 0.29) is 11.9 Å².